The Labute approximate surface area is 163 Å². The Bertz CT molecular complexity index is 1000. The number of rotatable bonds is 5. The molecule has 2 heterocycles. The zero-order valence-corrected chi connectivity index (χ0v) is 15.9. The predicted octanol–water partition coefficient (Wildman–Crippen LogP) is 3.55. The van der Waals surface area contributed by atoms with Crippen LogP contribution in [0.5, 0.6) is 17.4 Å². The van der Waals surface area contributed by atoms with Gasteiger partial charge in [-0.15, -0.1) is 0 Å². The quantitative estimate of drug-likeness (QED) is 0.680. The summed E-state index contributed by atoms with van der Waals surface area (Å²) in [5.41, 5.74) is 1.47. The van der Waals surface area contributed by atoms with Crippen molar-refractivity contribution in [3.05, 3.63) is 60.2 Å². The molecule has 0 N–H and O–H groups in total. The van der Waals surface area contributed by atoms with E-state index in [4.69, 9.17) is 14.2 Å². The highest BCUT2D eigenvalue weighted by molar-refractivity contribution is 5.95. The maximum Gasteiger partial charge on any atom is 0.254 e. The second-order valence-corrected chi connectivity index (χ2v) is 6.69. The zero-order chi connectivity index (χ0) is 19.5. The summed E-state index contributed by atoms with van der Waals surface area (Å²) >= 11 is 0. The van der Waals surface area contributed by atoms with Crippen LogP contribution < -0.4 is 14.2 Å². The van der Waals surface area contributed by atoms with Gasteiger partial charge in [0.05, 0.1) is 26.3 Å². The van der Waals surface area contributed by atoms with Crippen LogP contribution in [0.25, 0.3) is 10.9 Å². The number of para-hydroxylation sites is 1. The van der Waals surface area contributed by atoms with E-state index in [1.165, 1.54) is 0 Å². The van der Waals surface area contributed by atoms with Crippen LogP contribution in [0, 0.1) is 0 Å². The first-order chi connectivity index (χ1) is 13.7. The molecule has 0 saturated carbocycles. The monoisotopic (exact) mass is 378 g/mol. The van der Waals surface area contributed by atoms with Crippen LogP contribution in [-0.4, -0.2) is 49.2 Å². The number of hydrogen-bond acceptors (Lipinski definition) is 5. The molecule has 0 spiro atoms. The molecule has 6 nitrogen and oxygen atoms in total. The Morgan fingerprint density at radius 2 is 1.86 bits per heavy atom. The molecule has 1 aromatic heterocycles. The lowest BCUT2D eigenvalue weighted by Gasteiger charge is -2.18. The lowest BCUT2D eigenvalue weighted by molar-refractivity contribution is 0.0771. The van der Waals surface area contributed by atoms with Gasteiger partial charge in [-0.25, -0.2) is 4.98 Å². The van der Waals surface area contributed by atoms with Gasteiger partial charge >= 0.3 is 0 Å². The minimum atomic E-state index is -0.0715. The fourth-order valence-corrected chi connectivity index (χ4v) is 3.44. The van der Waals surface area contributed by atoms with E-state index in [2.05, 4.69) is 4.98 Å². The van der Waals surface area contributed by atoms with Gasteiger partial charge in [-0.3, -0.25) is 4.79 Å². The van der Waals surface area contributed by atoms with Crippen molar-refractivity contribution >= 4 is 16.8 Å². The molecular formula is C22H22N2O4. The van der Waals surface area contributed by atoms with E-state index in [-0.39, 0.29) is 12.0 Å². The summed E-state index contributed by atoms with van der Waals surface area (Å²) in [7, 11) is 3.13. The van der Waals surface area contributed by atoms with Crippen molar-refractivity contribution in [3.63, 3.8) is 0 Å². The highest BCUT2D eigenvalue weighted by Crippen LogP contribution is 2.29. The number of ether oxygens (including phenoxy) is 3. The van der Waals surface area contributed by atoms with Crippen LogP contribution in [0.4, 0.5) is 0 Å². The molecule has 1 atom stereocenters. The van der Waals surface area contributed by atoms with E-state index in [9.17, 15) is 4.79 Å². The molecule has 3 aromatic rings. The lowest BCUT2D eigenvalue weighted by Crippen LogP contribution is -2.31. The summed E-state index contributed by atoms with van der Waals surface area (Å²) < 4.78 is 16.6. The number of methoxy groups -OCH3 is 2. The summed E-state index contributed by atoms with van der Waals surface area (Å²) in [5.74, 6) is 1.69. The predicted molar refractivity (Wildman–Crippen MR) is 106 cm³/mol. The van der Waals surface area contributed by atoms with Gasteiger partial charge in [0, 0.05) is 30.0 Å². The average Bonchev–Trinajstić information content (AvgIpc) is 3.21. The molecule has 4 rings (SSSR count). The van der Waals surface area contributed by atoms with Gasteiger partial charge in [0.2, 0.25) is 5.88 Å². The molecule has 28 heavy (non-hydrogen) atoms. The van der Waals surface area contributed by atoms with Crippen LogP contribution in [0.3, 0.4) is 0 Å². The third kappa shape index (κ3) is 3.58. The Morgan fingerprint density at radius 3 is 2.68 bits per heavy atom. The fraction of sp³-hybridized carbons (Fsp3) is 0.273. The molecule has 0 radical (unpaired) electrons. The fourth-order valence-electron chi connectivity index (χ4n) is 3.44. The SMILES string of the molecule is COc1ccc(C(=O)N2CCC(Oc3ccc4ccccc4n3)C2)cc1OC. The van der Waals surface area contributed by atoms with Crippen LogP contribution >= 0.6 is 0 Å². The molecule has 1 amide bonds. The van der Waals surface area contributed by atoms with Crippen molar-refractivity contribution in [1.82, 2.24) is 9.88 Å². The van der Waals surface area contributed by atoms with E-state index in [0.29, 0.717) is 36.0 Å². The van der Waals surface area contributed by atoms with Gasteiger partial charge in [-0.1, -0.05) is 18.2 Å². The van der Waals surface area contributed by atoms with Crippen LogP contribution in [0.2, 0.25) is 0 Å². The van der Waals surface area contributed by atoms with E-state index in [1.807, 2.05) is 36.4 Å². The molecule has 0 aliphatic carbocycles. The molecule has 0 bridgehead atoms. The van der Waals surface area contributed by atoms with Gasteiger partial charge in [-0.05, 0) is 30.3 Å². The Kier molecular flexibility index (Phi) is 5.02. The van der Waals surface area contributed by atoms with Crippen molar-refractivity contribution in [2.45, 2.75) is 12.5 Å². The third-order valence-electron chi connectivity index (χ3n) is 4.92. The summed E-state index contributed by atoms with van der Waals surface area (Å²) in [6.07, 6.45) is 0.700. The lowest BCUT2D eigenvalue weighted by atomic mass is 10.1. The Morgan fingerprint density at radius 1 is 1.04 bits per heavy atom. The van der Waals surface area contributed by atoms with Gasteiger partial charge in [-0.2, -0.15) is 0 Å². The molecular weight excluding hydrogens is 356 g/mol. The van der Waals surface area contributed by atoms with Crippen LogP contribution in [-0.2, 0) is 0 Å². The number of hydrogen-bond donors (Lipinski definition) is 0. The molecule has 144 valence electrons. The summed E-state index contributed by atoms with van der Waals surface area (Å²) in [4.78, 5) is 19.2. The largest absolute Gasteiger partial charge is 0.493 e. The number of pyridine rings is 1. The number of benzene rings is 2. The van der Waals surface area contributed by atoms with Crippen molar-refractivity contribution in [2.75, 3.05) is 27.3 Å². The first kappa shape index (κ1) is 18.1. The number of amides is 1. The standard InChI is InChI=1S/C22H22N2O4/c1-26-19-9-7-16(13-20(19)27-2)22(25)24-12-11-17(14-24)28-21-10-8-15-5-3-4-6-18(15)23-21/h3-10,13,17H,11-12,14H2,1-2H3. The summed E-state index contributed by atoms with van der Waals surface area (Å²) in [6, 6.07) is 17.0. The number of fused-ring (bicyclic) bond motifs is 1. The van der Waals surface area contributed by atoms with Crippen molar-refractivity contribution in [3.8, 4) is 17.4 Å². The molecule has 1 fully saturated rings. The van der Waals surface area contributed by atoms with Crippen molar-refractivity contribution in [1.29, 1.82) is 0 Å². The minimum Gasteiger partial charge on any atom is -0.493 e. The third-order valence-corrected chi connectivity index (χ3v) is 4.92. The average molecular weight is 378 g/mol. The molecule has 6 heteroatoms. The number of nitrogens with zero attached hydrogens (tertiary/aromatic N) is 2. The summed E-state index contributed by atoms with van der Waals surface area (Å²) in [6.45, 7) is 1.17. The van der Waals surface area contributed by atoms with E-state index >= 15 is 0 Å². The molecule has 1 saturated heterocycles. The smallest absolute Gasteiger partial charge is 0.254 e. The molecule has 1 aliphatic rings. The maximum atomic E-state index is 12.8. The van der Waals surface area contributed by atoms with Gasteiger partial charge < -0.3 is 19.1 Å². The number of aromatic nitrogens is 1. The molecule has 2 aromatic carbocycles. The normalized spacial score (nSPS) is 16.2. The molecule has 1 unspecified atom stereocenters. The highest BCUT2D eigenvalue weighted by atomic mass is 16.5. The number of carbonyl (C=O) groups is 1. The zero-order valence-electron chi connectivity index (χ0n) is 15.9. The second-order valence-electron chi connectivity index (χ2n) is 6.69. The second kappa shape index (κ2) is 7.76. The molecule has 1 aliphatic heterocycles. The Hall–Kier alpha value is -3.28. The van der Waals surface area contributed by atoms with E-state index in [0.717, 1.165) is 17.3 Å². The van der Waals surface area contributed by atoms with Gasteiger partial charge in [0.25, 0.3) is 5.91 Å². The first-order valence-electron chi connectivity index (χ1n) is 9.21. The maximum absolute atomic E-state index is 12.8. The first-order valence-corrected chi connectivity index (χ1v) is 9.21. The van der Waals surface area contributed by atoms with Gasteiger partial charge in [0.15, 0.2) is 11.5 Å². The Balaban J connectivity index is 1.43. The van der Waals surface area contributed by atoms with E-state index in [1.54, 1.807) is 37.3 Å². The van der Waals surface area contributed by atoms with Crippen molar-refractivity contribution < 1.29 is 19.0 Å². The topological polar surface area (TPSA) is 60.9 Å². The number of likely N-dealkylation sites (tertiary alicyclic amines) is 1. The van der Waals surface area contributed by atoms with Crippen LogP contribution in [0.15, 0.2) is 54.6 Å². The van der Waals surface area contributed by atoms with Crippen molar-refractivity contribution in [2.24, 2.45) is 0 Å². The number of carbonyl (C=O) groups excluding carboxylic acids is 1. The van der Waals surface area contributed by atoms with E-state index < -0.39 is 0 Å². The highest BCUT2D eigenvalue weighted by Gasteiger charge is 2.29. The van der Waals surface area contributed by atoms with Crippen LogP contribution in [0.1, 0.15) is 16.8 Å². The summed E-state index contributed by atoms with van der Waals surface area (Å²) in [5, 5.41) is 1.08. The minimum absolute atomic E-state index is 0.0430. The van der Waals surface area contributed by atoms with Gasteiger partial charge in [0.1, 0.15) is 6.10 Å².